The minimum atomic E-state index is 0.0700. The Labute approximate surface area is 118 Å². The molecule has 2 aromatic rings. The first-order valence-electron chi connectivity index (χ1n) is 5.30. The van der Waals surface area contributed by atoms with E-state index < -0.39 is 0 Å². The molecule has 0 spiro atoms. The van der Waals surface area contributed by atoms with Gasteiger partial charge in [0, 0.05) is 21.1 Å². The predicted octanol–water partition coefficient (Wildman–Crippen LogP) is 4.26. The molecule has 0 aliphatic carbocycles. The smallest absolute Gasteiger partial charge is 0.114 e. The molecule has 1 N–H and O–H groups in total. The zero-order valence-electron chi connectivity index (χ0n) is 9.28. The van der Waals surface area contributed by atoms with Gasteiger partial charge in [0.2, 0.25) is 0 Å². The average Bonchev–Trinajstić information content (AvgIpc) is 2.80. The fourth-order valence-corrected chi connectivity index (χ4v) is 3.16. The second-order valence-electron chi connectivity index (χ2n) is 3.53. The maximum Gasteiger partial charge on any atom is 0.114 e. The number of hydrogen-bond acceptors (Lipinski definition) is 3. The second kappa shape index (κ2) is 5.96. The standard InChI is InChI=1S/C12H12BrClN2S/c1-2-15-11(12-16-5-6-17-12)9-4-3-8(13)7-10(9)14/h3-7,11,15H,2H2,1H3. The topological polar surface area (TPSA) is 24.9 Å². The van der Waals surface area contributed by atoms with Gasteiger partial charge < -0.3 is 5.32 Å². The highest BCUT2D eigenvalue weighted by molar-refractivity contribution is 9.10. The summed E-state index contributed by atoms with van der Waals surface area (Å²) in [5, 5.41) is 7.18. The lowest BCUT2D eigenvalue weighted by molar-refractivity contribution is 0.627. The van der Waals surface area contributed by atoms with E-state index in [2.05, 4.69) is 33.2 Å². The van der Waals surface area contributed by atoms with Crippen LogP contribution in [0.4, 0.5) is 0 Å². The summed E-state index contributed by atoms with van der Waals surface area (Å²) in [5.41, 5.74) is 1.06. The first kappa shape index (κ1) is 13.0. The third kappa shape index (κ3) is 3.07. The molecule has 0 amide bonds. The molecule has 1 aromatic heterocycles. The van der Waals surface area contributed by atoms with Crippen molar-refractivity contribution < 1.29 is 0 Å². The van der Waals surface area contributed by atoms with Crippen molar-refractivity contribution in [3.05, 3.63) is 49.8 Å². The number of thiazole rings is 1. The Bertz CT molecular complexity index is 487. The van der Waals surface area contributed by atoms with Gasteiger partial charge in [0.05, 0.1) is 6.04 Å². The summed E-state index contributed by atoms with van der Waals surface area (Å²) < 4.78 is 0.987. The van der Waals surface area contributed by atoms with Crippen LogP contribution < -0.4 is 5.32 Å². The van der Waals surface area contributed by atoms with Gasteiger partial charge in [-0.25, -0.2) is 4.98 Å². The van der Waals surface area contributed by atoms with Gasteiger partial charge in [-0.2, -0.15) is 0 Å². The molecule has 1 aromatic carbocycles. The molecular weight excluding hydrogens is 320 g/mol. The molecule has 2 rings (SSSR count). The summed E-state index contributed by atoms with van der Waals surface area (Å²) in [7, 11) is 0. The fourth-order valence-electron chi connectivity index (χ4n) is 1.65. The first-order chi connectivity index (χ1) is 8.22. The molecule has 0 saturated carbocycles. The van der Waals surface area contributed by atoms with E-state index in [1.165, 1.54) is 0 Å². The normalized spacial score (nSPS) is 12.6. The summed E-state index contributed by atoms with van der Waals surface area (Å²) in [6.45, 7) is 2.95. The van der Waals surface area contributed by atoms with Crippen molar-refractivity contribution >= 4 is 38.9 Å². The Morgan fingerprint density at radius 3 is 2.94 bits per heavy atom. The van der Waals surface area contributed by atoms with Crippen molar-refractivity contribution in [3.63, 3.8) is 0 Å². The van der Waals surface area contributed by atoms with Crippen LogP contribution in [0.25, 0.3) is 0 Å². The van der Waals surface area contributed by atoms with Crippen LogP contribution in [-0.4, -0.2) is 11.5 Å². The van der Waals surface area contributed by atoms with Crippen LogP contribution in [0.5, 0.6) is 0 Å². The molecule has 17 heavy (non-hydrogen) atoms. The van der Waals surface area contributed by atoms with Crippen molar-refractivity contribution in [2.45, 2.75) is 13.0 Å². The summed E-state index contributed by atoms with van der Waals surface area (Å²) in [6.07, 6.45) is 1.82. The van der Waals surface area contributed by atoms with Gasteiger partial charge >= 0.3 is 0 Å². The number of halogens is 2. The largest absolute Gasteiger partial charge is 0.304 e. The van der Waals surface area contributed by atoms with Crippen LogP contribution in [0, 0.1) is 0 Å². The van der Waals surface area contributed by atoms with Gasteiger partial charge in [0.1, 0.15) is 5.01 Å². The molecule has 0 bridgehead atoms. The van der Waals surface area contributed by atoms with E-state index in [0.717, 1.165) is 26.6 Å². The molecule has 0 aliphatic rings. The molecule has 0 aliphatic heterocycles. The Kier molecular flexibility index (Phi) is 4.56. The maximum atomic E-state index is 6.28. The van der Waals surface area contributed by atoms with Crippen molar-refractivity contribution in [1.29, 1.82) is 0 Å². The highest BCUT2D eigenvalue weighted by Gasteiger charge is 2.18. The van der Waals surface area contributed by atoms with Crippen molar-refractivity contribution in [1.82, 2.24) is 10.3 Å². The minimum Gasteiger partial charge on any atom is -0.304 e. The minimum absolute atomic E-state index is 0.0700. The zero-order chi connectivity index (χ0) is 12.3. The Hall–Kier alpha value is -0.420. The van der Waals surface area contributed by atoms with Gasteiger partial charge in [0.25, 0.3) is 0 Å². The van der Waals surface area contributed by atoms with Gasteiger partial charge in [-0.15, -0.1) is 11.3 Å². The number of nitrogens with zero attached hydrogens (tertiary/aromatic N) is 1. The summed E-state index contributed by atoms with van der Waals surface area (Å²) >= 11 is 11.3. The molecule has 2 nitrogen and oxygen atoms in total. The average molecular weight is 332 g/mol. The van der Waals surface area contributed by atoms with Crippen molar-refractivity contribution in [2.24, 2.45) is 0 Å². The molecule has 1 heterocycles. The van der Waals surface area contributed by atoms with Gasteiger partial charge in [0.15, 0.2) is 0 Å². The highest BCUT2D eigenvalue weighted by atomic mass is 79.9. The van der Waals surface area contributed by atoms with Crippen LogP contribution in [0.1, 0.15) is 23.5 Å². The summed E-state index contributed by atoms with van der Waals surface area (Å²) in [4.78, 5) is 4.36. The van der Waals surface area contributed by atoms with Gasteiger partial charge in [-0.05, 0) is 24.2 Å². The molecule has 0 fully saturated rings. The number of aromatic nitrogens is 1. The van der Waals surface area contributed by atoms with Gasteiger partial charge in [-0.1, -0.05) is 40.5 Å². The van der Waals surface area contributed by atoms with Crippen LogP contribution in [0.15, 0.2) is 34.2 Å². The molecule has 5 heteroatoms. The second-order valence-corrected chi connectivity index (χ2v) is 5.78. The molecule has 1 unspecified atom stereocenters. The Morgan fingerprint density at radius 2 is 2.35 bits per heavy atom. The van der Waals surface area contributed by atoms with E-state index >= 15 is 0 Å². The lowest BCUT2D eigenvalue weighted by Crippen LogP contribution is -2.22. The van der Waals surface area contributed by atoms with Crippen LogP contribution in [0.3, 0.4) is 0 Å². The molecule has 1 atom stereocenters. The number of benzene rings is 1. The van der Waals surface area contributed by atoms with Crippen LogP contribution >= 0.6 is 38.9 Å². The van der Waals surface area contributed by atoms with E-state index in [1.807, 2.05) is 29.8 Å². The summed E-state index contributed by atoms with van der Waals surface area (Å²) in [6, 6.07) is 6.01. The lowest BCUT2D eigenvalue weighted by atomic mass is 10.1. The van der Waals surface area contributed by atoms with E-state index in [-0.39, 0.29) is 6.04 Å². The Morgan fingerprint density at radius 1 is 1.53 bits per heavy atom. The fraction of sp³-hybridized carbons (Fsp3) is 0.250. The monoisotopic (exact) mass is 330 g/mol. The van der Waals surface area contributed by atoms with Crippen LogP contribution in [-0.2, 0) is 0 Å². The lowest BCUT2D eigenvalue weighted by Gasteiger charge is -2.17. The van der Waals surface area contributed by atoms with Gasteiger partial charge in [-0.3, -0.25) is 0 Å². The SMILES string of the molecule is CCNC(c1nccs1)c1ccc(Br)cc1Cl. The molecule has 0 radical (unpaired) electrons. The molecule has 0 saturated heterocycles. The number of hydrogen-bond donors (Lipinski definition) is 1. The van der Waals surface area contributed by atoms with Crippen molar-refractivity contribution in [3.8, 4) is 0 Å². The highest BCUT2D eigenvalue weighted by Crippen LogP contribution is 2.31. The first-order valence-corrected chi connectivity index (χ1v) is 7.35. The third-order valence-electron chi connectivity index (χ3n) is 2.38. The number of rotatable bonds is 4. The van der Waals surface area contributed by atoms with E-state index in [9.17, 15) is 0 Å². The number of nitrogens with one attached hydrogen (secondary N) is 1. The maximum absolute atomic E-state index is 6.28. The van der Waals surface area contributed by atoms with E-state index in [4.69, 9.17) is 11.6 Å². The predicted molar refractivity (Wildman–Crippen MR) is 76.8 cm³/mol. The molecular formula is C12H12BrClN2S. The zero-order valence-corrected chi connectivity index (χ0v) is 12.4. The quantitative estimate of drug-likeness (QED) is 0.905. The van der Waals surface area contributed by atoms with E-state index in [1.54, 1.807) is 11.3 Å². The summed E-state index contributed by atoms with van der Waals surface area (Å²) in [5.74, 6) is 0. The van der Waals surface area contributed by atoms with Crippen LogP contribution in [0.2, 0.25) is 5.02 Å². The molecule has 90 valence electrons. The van der Waals surface area contributed by atoms with E-state index in [0.29, 0.717) is 0 Å². The van der Waals surface area contributed by atoms with Crippen molar-refractivity contribution in [2.75, 3.05) is 6.54 Å². The third-order valence-corrected chi connectivity index (χ3v) is 4.04. The Balaban J connectivity index is 2.39.